The van der Waals surface area contributed by atoms with Crippen LogP contribution in [-0.4, -0.2) is 25.7 Å². The van der Waals surface area contributed by atoms with Crippen molar-refractivity contribution in [3.63, 3.8) is 0 Å². The Bertz CT molecular complexity index is 409. The van der Waals surface area contributed by atoms with Crippen molar-refractivity contribution < 1.29 is 4.79 Å². The van der Waals surface area contributed by atoms with E-state index in [9.17, 15) is 4.79 Å². The first-order chi connectivity index (χ1) is 8.33. The van der Waals surface area contributed by atoms with Gasteiger partial charge < -0.3 is 15.5 Å². The molecule has 0 spiro atoms. The van der Waals surface area contributed by atoms with Crippen molar-refractivity contribution in [3.05, 3.63) is 29.8 Å². The van der Waals surface area contributed by atoms with Gasteiger partial charge in [0.15, 0.2) is 0 Å². The van der Waals surface area contributed by atoms with E-state index >= 15 is 0 Å². The first-order valence-corrected chi connectivity index (χ1v) is 6.22. The molecular formula is C13H17N3O. The maximum Gasteiger partial charge on any atom is 0.315 e. The molecule has 1 aromatic carbocycles. The highest BCUT2D eigenvalue weighted by Gasteiger charge is 2.21. The van der Waals surface area contributed by atoms with Gasteiger partial charge in [-0.25, -0.2) is 4.79 Å². The van der Waals surface area contributed by atoms with Crippen molar-refractivity contribution in [1.82, 2.24) is 10.6 Å². The number of hydrogen-bond donors (Lipinski definition) is 2. The highest BCUT2D eigenvalue weighted by atomic mass is 16.2. The summed E-state index contributed by atoms with van der Waals surface area (Å²) in [6, 6.07) is 8.60. The lowest BCUT2D eigenvalue weighted by molar-refractivity contribution is 0.247. The SMILES string of the molecule is O=C1NC[C@@H](c2ccc(N3CCCC3)cc2)N1. The fourth-order valence-electron chi connectivity index (χ4n) is 2.55. The Morgan fingerprint density at radius 2 is 1.82 bits per heavy atom. The molecule has 2 heterocycles. The normalized spacial score (nSPS) is 23.6. The minimum Gasteiger partial charge on any atom is -0.372 e. The highest BCUT2D eigenvalue weighted by Crippen LogP contribution is 2.23. The minimum absolute atomic E-state index is 0.0707. The van der Waals surface area contributed by atoms with Gasteiger partial charge in [0, 0.05) is 25.3 Å². The number of anilines is 1. The second kappa shape index (κ2) is 4.28. The van der Waals surface area contributed by atoms with Gasteiger partial charge in [0.2, 0.25) is 0 Å². The molecule has 2 aliphatic heterocycles. The van der Waals surface area contributed by atoms with Crippen molar-refractivity contribution in [2.24, 2.45) is 0 Å². The van der Waals surface area contributed by atoms with Gasteiger partial charge in [0.25, 0.3) is 0 Å². The molecule has 2 aliphatic rings. The lowest BCUT2D eigenvalue weighted by atomic mass is 10.1. The van der Waals surface area contributed by atoms with Crippen LogP contribution in [-0.2, 0) is 0 Å². The summed E-state index contributed by atoms with van der Waals surface area (Å²) < 4.78 is 0. The third-order valence-electron chi connectivity index (χ3n) is 3.54. The number of carbonyl (C=O) groups is 1. The van der Waals surface area contributed by atoms with Gasteiger partial charge in [0.05, 0.1) is 6.04 Å². The number of urea groups is 1. The fourth-order valence-corrected chi connectivity index (χ4v) is 2.55. The van der Waals surface area contributed by atoms with Crippen LogP contribution in [0.15, 0.2) is 24.3 Å². The second-order valence-corrected chi connectivity index (χ2v) is 4.69. The minimum atomic E-state index is -0.0707. The summed E-state index contributed by atoms with van der Waals surface area (Å²) in [6.45, 7) is 3.02. The third kappa shape index (κ3) is 2.07. The van der Waals surface area contributed by atoms with Crippen LogP contribution in [0.25, 0.3) is 0 Å². The standard InChI is InChI=1S/C13H17N3O/c17-13-14-9-12(15-13)10-3-5-11(6-4-10)16-7-1-2-8-16/h3-6,12H,1-2,7-9H2,(H2,14,15,17)/t12-/m0/s1. The van der Waals surface area contributed by atoms with Crippen molar-refractivity contribution in [3.8, 4) is 0 Å². The average Bonchev–Trinajstić information content (AvgIpc) is 3.00. The van der Waals surface area contributed by atoms with Crippen LogP contribution < -0.4 is 15.5 Å². The number of benzene rings is 1. The average molecular weight is 231 g/mol. The summed E-state index contributed by atoms with van der Waals surface area (Å²) in [5.41, 5.74) is 2.47. The Hall–Kier alpha value is -1.71. The molecule has 0 aromatic heterocycles. The smallest absolute Gasteiger partial charge is 0.315 e. The molecule has 1 atom stereocenters. The lowest BCUT2D eigenvalue weighted by Gasteiger charge is -2.18. The molecule has 90 valence electrons. The number of carbonyl (C=O) groups excluding carboxylic acids is 1. The zero-order chi connectivity index (χ0) is 11.7. The predicted octanol–water partition coefficient (Wildman–Crippen LogP) is 1.64. The van der Waals surface area contributed by atoms with Crippen LogP contribution in [0.1, 0.15) is 24.4 Å². The molecule has 2 saturated heterocycles. The van der Waals surface area contributed by atoms with Crippen LogP contribution in [0.5, 0.6) is 0 Å². The maximum atomic E-state index is 11.1. The van der Waals surface area contributed by atoms with Gasteiger partial charge in [-0.05, 0) is 30.5 Å². The van der Waals surface area contributed by atoms with E-state index in [1.165, 1.54) is 37.2 Å². The molecule has 0 saturated carbocycles. The molecule has 3 rings (SSSR count). The summed E-state index contributed by atoms with van der Waals surface area (Å²) in [4.78, 5) is 13.5. The van der Waals surface area contributed by atoms with Crippen molar-refractivity contribution in [2.45, 2.75) is 18.9 Å². The summed E-state index contributed by atoms with van der Waals surface area (Å²) in [7, 11) is 0. The number of rotatable bonds is 2. The Morgan fingerprint density at radius 3 is 2.41 bits per heavy atom. The van der Waals surface area contributed by atoms with E-state index in [1.54, 1.807) is 0 Å². The Labute approximate surface area is 101 Å². The van der Waals surface area contributed by atoms with E-state index in [-0.39, 0.29) is 12.1 Å². The molecule has 17 heavy (non-hydrogen) atoms. The number of amides is 2. The van der Waals surface area contributed by atoms with E-state index in [0.29, 0.717) is 6.54 Å². The van der Waals surface area contributed by atoms with Crippen molar-refractivity contribution >= 4 is 11.7 Å². The molecule has 1 aromatic rings. The molecule has 0 radical (unpaired) electrons. The second-order valence-electron chi connectivity index (χ2n) is 4.69. The van der Waals surface area contributed by atoms with E-state index < -0.39 is 0 Å². The zero-order valence-electron chi connectivity index (χ0n) is 9.78. The fraction of sp³-hybridized carbons (Fsp3) is 0.462. The van der Waals surface area contributed by atoms with E-state index in [1.807, 2.05) is 0 Å². The number of hydrogen-bond acceptors (Lipinski definition) is 2. The summed E-state index contributed by atoms with van der Waals surface area (Å²) in [6.07, 6.45) is 2.59. The number of nitrogens with zero attached hydrogens (tertiary/aromatic N) is 1. The molecule has 2 amide bonds. The summed E-state index contributed by atoms with van der Waals surface area (Å²) in [5.74, 6) is 0. The number of nitrogens with one attached hydrogen (secondary N) is 2. The monoisotopic (exact) mass is 231 g/mol. The van der Waals surface area contributed by atoms with Gasteiger partial charge in [-0.1, -0.05) is 12.1 Å². The predicted molar refractivity (Wildman–Crippen MR) is 67.2 cm³/mol. The molecule has 0 bridgehead atoms. The summed E-state index contributed by atoms with van der Waals surface area (Å²) in [5, 5.41) is 5.67. The van der Waals surface area contributed by atoms with Crippen molar-refractivity contribution in [1.29, 1.82) is 0 Å². The molecule has 4 heteroatoms. The van der Waals surface area contributed by atoms with Gasteiger partial charge in [-0.3, -0.25) is 0 Å². The third-order valence-corrected chi connectivity index (χ3v) is 3.54. The molecule has 2 N–H and O–H groups in total. The summed E-state index contributed by atoms with van der Waals surface area (Å²) >= 11 is 0. The molecule has 0 unspecified atom stereocenters. The molecular weight excluding hydrogens is 214 g/mol. The topological polar surface area (TPSA) is 44.4 Å². The van der Waals surface area contributed by atoms with E-state index in [0.717, 1.165) is 0 Å². The van der Waals surface area contributed by atoms with Gasteiger partial charge in [-0.15, -0.1) is 0 Å². The Morgan fingerprint density at radius 1 is 1.12 bits per heavy atom. The van der Waals surface area contributed by atoms with Crippen LogP contribution in [0.2, 0.25) is 0 Å². The molecule has 4 nitrogen and oxygen atoms in total. The van der Waals surface area contributed by atoms with Crippen LogP contribution in [0.3, 0.4) is 0 Å². The van der Waals surface area contributed by atoms with Crippen LogP contribution >= 0.6 is 0 Å². The van der Waals surface area contributed by atoms with Crippen molar-refractivity contribution in [2.75, 3.05) is 24.5 Å². The quantitative estimate of drug-likeness (QED) is 0.812. The Balaban J connectivity index is 1.73. The first-order valence-electron chi connectivity index (χ1n) is 6.22. The first kappa shape index (κ1) is 10.4. The molecule has 0 aliphatic carbocycles. The molecule has 2 fully saturated rings. The van der Waals surface area contributed by atoms with Crippen LogP contribution in [0, 0.1) is 0 Å². The lowest BCUT2D eigenvalue weighted by Crippen LogP contribution is -2.21. The largest absolute Gasteiger partial charge is 0.372 e. The van der Waals surface area contributed by atoms with Gasteiger partial charge >= 0.3 is 6.03 Å². The van der Waals surface area contributed by atoms with Gasteiger partial charge in [0.1, 0.15) is 0 Å². The van der Waals surface area contributed by atoms with E-state index in [2.05, 4.69) is 39.8 Å². The highest BCUT2D eigenvalue weighted by molar-refractivity contribution is 5.76. The van der Waals surface area contributed by atoms with Gasteiger partial charge in [-0.2, -0.15) is 0 Å². The zero-order valence-corrected chi connectivity index (χ0v) is 9.78. The van der Waals surface area contributed by atoms with E-state index in [4.69, 9.17) is 0 Å². The maximum absolute atomic E-state index is 11.1. The Kier molecular flexibility index (Phi) is 2.63. The van der Waals surface area contributed by atoms with Crippen LogP contribution in [0.4, 0.5) is 10.5 Å².